The van der Waals surface area contributed by atoms with Crippen molar-refractivity contribution in [2.45, 2.75) is 33.2 Å². The van der Waals surface area contributed by atoms with Gasteiger partial charge >= 0.3 is 0 Å². The first kappa shape index (κ1) is 19.0. The van der Waals surface area contributed by atoms with Gasteiger partial charge in [0.25, 0.3) is 5.91 Å². The minimum atomic E-state index is -0.370. The molecule has 8 nitrogen and oxygen atoms in total. The number of anilines is 1. The van der Waals surface area contributed by atoms with Crippen LogP contribution < -0.4 is 5.32 Å². The van der Waals surface area contributed by atoms with Crippen molar-refractivity contribution in [2.24, 2.45) is 0 Å². The fourth-order valence-electron chi connectivity index (χ4n) is 3.86. The standard InChI is InChI=1S/C23H23N7O/c1-13-26-21(30(29-13)23(2,3)4)22(31)27-19-10-14(11-20-17(19)12-25-28-20)15-6-5-7-18-16(15)8-9-24-18/h5-12,24H,1-4H3,(H,25,28)(H,27,31). The molecule has 5 rings (SSSR count). The molecular weight excluding hydrogens is 390 g/mol. The molecule has 0 atom stereocenters. The van der Waals surface area contributed by atoms with Crippen molar-refractivity contribution in [1.82, 2.24) is 29.9 Å². The average molecular weight is 413 g/mol. The third-order valence-corrected chi connectivity index (χ3v) is 5.26. The van der Waals surface area contributed by atoms with Gasteiger partial charge in [-0.05, 0) is 63.1 Å². The maximum atomic E-state index is 13.2. The summed E-state index contributed by atoms with van der Waals surface area (Å²) in [5, 5.41) is 16.6. The summed E-state index contributed by atoms with van der Waals surface area (Å²) in [5.41, 5.74) is 4.24. The van der Waals surface area contributed by atoms with Crippen molar-refractivity contribution >= 4 is 33.4 Å². The first-order valence-electron chi connectivity index (χ1n) is 10.1. The number of H-pyrrole nitrogens is 2. The van der Waals surface area contributed by atoms with Crippen LogP contribution in [-0.4, -0.2) is 35.9 Å². The van der Waals surface area contributed by atoms with Gasteiger partial charge < -0.3 is 10.3 Å². The van der Waals surface area contributed by atoms with Gasteiger partial charge in [0.05, 0.1) is 22.9 Å². The maximum Gasteiger partial charge on any atom is 0.293 e. The van der Waals surface area contributed by atoms with Gasteiger partial charge in [-0.2, -0.15) is 10.2 Å². The van der Waals surface area contributed by atoms with E-state index in [1.807, 2.05) is 51.2 Å². The third-order valence-electron chi connectivity index (χ3n) is 5.26. The fourth-order valence-corrected chi connectivity index (χ4v) is 3.86. The molecule has 3 N–H and O–H groups in total. The summed E-state index contributed by atoms with van der Waals surface area (Å²) in [6.07, 6.45) is 3.64. The molecule has 0 saturated heterocycles. The molecule has 0 aliphatic carbocycles. The van der Waals surface area contributed by atoms with Crippen LogP contribution in [0, 0.1) is 6.92 Å². The van der Waals surface area contributed by atoms with Gasteiger partial charge in [-0.3, -0.25) is 9.89 Å². The number of benzene rings is 2. The molecule has 3 aromatic heterocycles. The molecule has 3 heterocycles. The molecule has 31 heavy (non-hydrogen) atoms. The van der Waals surface area contributed by atoms with Gasteiger partial charge in [-0.25, -0.2) is 9.67 Å². The largest absolute Gasteiger partial charge is 0.361 e. The van der Waals surface area contributed by atoms with Gasteiger partial charge in [0.2, 0.25) is 5.82 Å². The van der Waals surface area contributed by atoms with Crippen LogP contribution in [0.3, 0.4) is 0 Å². The number of amides is 1. The van der Waals surface area contributed by atoms with Crippen LogP contribution in [0.15, 0.2) is 48.8 Å². The Bertz CT molecular complexity index is 1430. The van der Waals surface area contributed by atoms with E-state index in [0.717, 1.165) is 32.9 Å². The summed E-state index contributed by atoms with van der Waals surface area (Å²) in [6, 6.07) is 12.2. The molecule has 0 fully saturated rings. The Balaban J connectivity index is 1.61. The average Bonchev–Trinajstić information content (AvgIpc) is 3.45. The highest BCUT2D eigenvalue weighted by molar-refractivity contribution is 6.09. The van der Waals surface area contributed by atoms with Crippen LogP contribution in [0.1, 0.15) is 37.2 Å². The minimum absolute atomic E-state index is 0.278. The van der Waals surface area contributed by atoms with E-state index in [9.17, 15) is 4.79 Å². The third kappa shape index (κ3) is 3.26. The number of carbonyl (C=O) groups is 1. The summed E-state index contributed by atoms with van der Waals surface area (Å²) in [6.45, 7) is 7.75. The number of hydrogen-bond donors (Lipinski definition) is 3. The summed E-state index contributed by atoms with van der Waals surface area (Å²) < 4.78 is 1.66. The number of rotatable bonds is 3. The van der Waals surface area contributed by atoms with E-state index in [4.69, 9.17) is 0 Å². The van der Waals surface area contributed by atoms with Gasteiger partial charge in [0, 0.05) is 22.5 Å². The topological polar surface area (TPSA) is 104 Å². The van der Waals surface area contributed by atoms with Gasteiger partial charge in [-0.1, -0.05) is 12.1 Å². The highest BCUT2D eigenvalue weighted by atomic mass is 16.2. The van der Waals surface area contributed by atoms with Crippen molar-refractivity contribution in [2.75, 3.05) is 5.32 Å². The monoisotopic (exact) mass is 413 g/mol. The zero-order valence-electron chi connectivity index (χ0n) is 17.8. The Kier molecular flexibility index (Phi) is 4.18. The van der Waals surface area contributed by atoms with E-state index in [-0.39, 0.29) is 17.3 Å². The number of fused-ring (bicyclic) bond motifs is 2. The van der Waals surface area contributed by atoms with Crippen LogP contribution in [0.4, 0.5) is 5.69 Å². The second-order valence-corrected chi connectivity index (χ2v) is 8.62. The smallest absolute Gasteiger partial charge is 0.293 e. The predicted molar refractivity (Wildman–Crippen MR) is 121 cm³/mol. The normalized spacial score (nSPS) is 12.0. The number of aromatic amines is 2. The van der Waals surface area contributed by atoms with E-state index in [1.54, 1.807) is 17.8 Å². The van der Waals surface area contributed by atoms with Crippen molar-refractivity contribution < 1.29 is 4.79 Å². The van der Waals surface area contributed by atoms with Crippen LogP contribution in [0.25, 0.3) is 32.9 Å². The fraction of sp³-hybridized carbons (Fsp3) is 0.217. The molecule has 0 radical (unpaired) electrons. The van der Waals surface area contributed by atoms with Gasteiger partial charge in [0.1, 0.15) is 5.82 Å². The minimum Gasteiger partial charge on any atom is -0.361 e. The lowest BCUT2D eigenvalue weighted by atomic mass is 9.99. The maximum absolute atomic E-state index is 13.2. The van der Waals surface area contributed by atoms with Crippen molar-refractivity contribution in [3.05, 3.63) is 60.4 Å². The highest BCUT2D eigenvalue weighted by Gasteiger charge is 2.25. The first-order valence-corrected chi connectivity index (χ1v) is 10.1. The first-order chi connectivity index (χ1) is 14.8. The zero-order valence-corrected chi connectivity index (χ0v) is 17.8. The Hall–Kier alpha value is -3.94. The van der Waals surface area contributed by atoms with Crippen LogP contribution in [0.5, 0.6) is 0 Å². The molecule has 0 bridgehead atoms. The lowest BCUT2D eigenvalue weighted by Gasteiger charge is -2.20. The highest BCUT2D eigenvalue weighted by Crippen LogP contribution is 2.34. The molecular formula is C23H23N7O. The number of nitrogens with zero attached hydrogens (tertiary/aromatic N) is 4. The van der Waals surface area contributed by atoms with Crippen LogP contribution >= 0.6 is 0 Å². The quantitative estimate of drug-likeness (QED) is 0.401. The van der Waals surface area contributed by atoms with E-state index in [1.165, 1.54) is 0 Å². The number of nitrogens with one attached hydrogen (secondary N) is 3. The summed E-state index contributed by atoms with van der Waals surface area (Å²) in [5.74, 6) is 0.524. The summed E-state index contributed by atoms with van der Waals surface area (Å²) in [4.78, 5) is 20.8. The molecule has 0 aliphatic rings. The molecule has 1 amide bonds. The van der Waals surface area contributed by atoms with Crippen LogP contribution in [0.2, 0.25) is 0 Å². The number of carbonyl (C=O) groups excluding carboxylic acids is 1. The van der Waals surface area contributed by atoms with E-state index < -0.39 is 0 Å². The molecule has 5 aromatic rings. The van der Waals surface area contributed by atoms with Gasteiger partial charge in [-0.15, -0.1) is 0 Å². The number of aromatic nitrogens is 6. The van der Waals surface area contributed by atoms with E-state index in [0.29, 0.717) is 11.5 Å². The van der Waals surface area contributed by atoms with E-state index in [2.05, 4.69) is 42.7 Å². The SMILES string of the molecule is Cc1nc(C(=O)Nc2cc(-c3cccc4[nH]ccc34)cc3[nH]ncc23)n(C(C)(C)C)n1. The Morgan fingerprint density at radius 2 is 1.94 bits per heavy atom. The lowest BCUT2D eigenvalue weighted by molar-refractivity contribution is 0.1000. The Labute approximate surface area is 178 Å². The second-order valence-electron chi connectivity index (χ2n) is 8.62. The Morgan fingerprint density at radius 1 is 1.10 bits per heavy atom. The van der Waals surface area contributed by atoms with Crippen LogP contribution in [-0.2, 0) is 5.54 Å². The van der Waals surface area contributed by atoms with Crippen molar-refractivity contribution in [3.63, 3.8) is 0 Å². The second kappa shape index (κ2) is 6.80. The molecule has 8 heteroatoms. The predicted octanol–water partition coefficient (Wildman–Crippen LogP) is 4.62. The van der Waals surface area contributed by atoms with Crippen molar-refractivity contribution in [3.8, 4) is 11.1 Å². The lowest BCUT2D eigenvalue weighted by Crippen LogP contribution is -2.29. The summed E-state index contributed by atoms with van der Waals surface area (Å²) in [7, 11) is 0. The molecule has 0 spiro atoms. The molecule has 2 aromatic carbocycles. The van der Waals surface area contributed by atoms with E-state index >= 15 is 0 Å². The molecule has 0 saturated carbocycles. The molecule has 0 aliphatic heterocycles. The number of hydrogen-bond acceptors (Lipinski definition) is 4. The van der Waals surface area contributed by atoms with Gasteiger partial charge in [0.15, 0.2) is 0 Å². The zero-order chi connectivity index (χ0) is 21.8. The number of aryl methyl sites for hydroxylation is 1. The van der Waals surface area contributed by atoms with Crippen molar-refractivity contribution in [1.29, 1.82) is 0 Å². The molecule has 0 unspecified atom stereocenters. The molecule has 156 valence electrons. The Morgan fingerprint density at radius 3 is 2.74 bits per heavy atom. The summed E-state index contributed by atoms with van der Waals surface area (Å²) >= 11 is 0.